The van der Waals surface area contributed by atoms with Crippen LogP contribution in [0.5, 0.6) is 0 Å². The molecule has 72 valence electrons. The van der Waals surface area contributed by atoms with E-state index in [1.165, 1.54) is 0 Å². The molecule has 0 aliphatic rings. The molecule has 3 heteroatoms. The van der Waals surface area contributed by atoms with E-state index in [9.17, 15) is 0 Å². The number of aliphatic imine (C=N–C) groups is 1. The van der Waals surface area contributed by atoms with Crippen LogP contribution in [0.4, 0.5) is 0 Å². The van der Waals surface area contributed by atoms with Gasteiger partial charge in [0, 0.05) is 0 Å². The van der Waals surface area contributed by atoms with Crippen LogP contribution in [0.1, 0.15) is 13.8 Å². The van der Waals surface area contributed by atoms with Crippen molar-refractivity contribution in [1.82, 2.24) is 0 Å². The largest absolute Gasteiger partial charge is 0.265 e. The van der Waals surface area contributed by atoms with Crippen molar-refractivity contribution >= 4 is 32.0 Å². The Bertz CT molecular complexity index is 139. The van der Waals surface area contributed by atoms with Crippen molar-refractivity contribution < 1.29 is 0 Å². The Hall–Kier alpha value is -0.150. The molecule has 0 spiro atoms. The fourth-order valence-electron chi connectivity index (χ4n) is 0.291. The minimum absolute atomic E-state index is 0.757. The normalized spacial score (nSPS) is 8.33. The minimum atomic E-state index is 0.757. The second-order valence-corrected chi connectivity index (χ2v) is 1.58. The highest BCUT2D eigenvalue weighted by molar-refractivity contribution is 7.79. The Labute approximate surface area is 87.5 Å². The molecular weight excluding hydrogens is 186 g/mol. The van der Waals surface area contributed by atoms with Crippen LogP contribution in [0, 0.1) is 0 Å². The first kappa shape index (κ1) is 17.8. The third kappa shape index (κ3) is 12.5. The van der Waals surface area contributed by atoms with Crippen LogP contribution in [-0.4, -0.2) is 19.2 Å². The second-order valence-electron chi connectivity index (χ2n) is 1.58. The standard InChI is InChI=1S/C7H11N.2CH4S/c1-5-6(2)7(3)8-4;2*1-2/h5H,3-4H2,1-2H3;2*2H,1H3/b6-5-;;. The van der Waals surface area contributed by atoms with Gasteiger partial charge in [-0.25, -0.2) is 0 Å². The van der Waals surface area contributed by atoms with Crippen molar-refractivity contribution in [3.63, 3.8) is 0 Å². The van der Waals surface area contributed by atoms with Crippen molar-refractivity contribution in [1.29, 1.82) is 0 Å². The molecule has 0 atom stereocenters. The molecule has 1 nitrogen and oxygen atoms in total. The lowest BCUT2D eigenvalue weighted by atomic mass is 10.2. The first-order chi connectivity index (χ1) is 5.72. The highest BCUT2D eigenvalue weighted by Crippen LogP contribution is 2.04. The predicted octanol–water partition coefficient (Wildman–Crippen LogP) is 3.26. The summed E-state index contributed by atoms with van der Waals surface area (Å²) >= 11 is 7.06. The maximum atomic E-state index is 3.65. The first-order valence-electron chi connectivity index (χ1n) is 3.40. The first-order valence-corrected chi connectivity index (χ1v) is 5.19. The molecule has 0 bridgehead atoms. The smallest absolute Gasteiger partial charge is 0.0576 e. The van der Waals surface area contributed by atoms with Crippen LogP contribution in [0.2, 0.25) is 0 Å². The van der Waals surface area contributed by atoms with Gasteiger partial charge in [-0.05, 0) is 38.6 Å². The summed E-state index contributed by atoms with van der Waals surface area (Å²) in [7, 11) is 0. The molecule has 0 unspecified atom stereocenters. The summed E-state index contributed by atoms with van der Waals surface area (Å²) in [5.74, 6) is 0. The maximum absolute atomic E-state index is 3.65. The summed E-state index contributed by atoms with van der Waals surface area (Å²) in [5, 5.41) is 0. The molecule has 0 aliphatic heterocycles. The SMILES string of the molecule is C=NC(=C)/C(C)=C\C.CS.CS. The molecule has 0 aromatic heterocycles. The van der Waals surface area contributed by atoms with E-state index in [-0.39, 0.29) is 0 Å². The van der Waals surface area contributed by atoms with Gasteiger partial charge in [0.2, 0.25) is 0 Å². The summed E-state index contributed by atoms with van der Waals surface area (Å²) < 4.78 is 0. The number of nitrogens with zero attached hydrogens (tertiary/aromatic N) is 1. The quantitative estimate of drug-likeness (QED) is 0.390. The number of hydrogen-bond donors (Lipinski definition) is 2. The van der Waals surface area contributed by atoms with Gasteiger partial charge in [0.1, 0.15) is 0 Å². The van der Waals surface area contributed by atoms with Crippen LogP contribution in [0.25, 0.3) is 0 Å². The highest BCUT2D eigenvalue weighted by Gasteiger charge is 1.86. The lowest BCUT2D eigenvalue weighted by Gasteiger charge is -1.93. The molecule has 0 saturated carbocycles. The second kappa shape index (κ2) is 17.1. The van der Waals surface area contributed by atoms with Crippen LogP contribution >= 0.6 is 25.3 Å². The molecule has 0 saturated heterocycles. The fraction of sp³-hybridized carbons (Fsp3) is 0.444. The number of rotatable bonds is 2. The summed E-state index contributed by atoms with van der Waals surface area (Å²) in [5.41, 5.74) is 1.84. The van der Waals surface area contributed by atoms with E-state index >= 15 is 0 Å². The van der Waals surface area contributed by atoms with Gasteiger partial charge in [-0.15, -0.1) is 0 Å². The molecule has 0 fully saturated rings. The summed E-state index contributed by atoms with van der Waals surface area (Å²) in [6.45, 7) is 10.9. The summed E-state index contributed by atoms with van der Waals surface area (Å²) in [6.07, 6.45) is 5.34. The zero-order chi connectivity index (χ0) is 10.6. The van der Waals surface area contributed by atoms with Gasteiger partial charge in [0.15, 0.2) is 0 Å². The highest BCUT2D eigenvalue weighted by atomic mass is 32.1. The van der Waals surface area contributed by atoms with Crippen LogP contribution < -0.4 is 0 Å². The molecule has 0 aromatic carbocycles. The Morgan fingerprint density at radius 3 is 1.67 bits per heavy atom. The van der Waals surface area contributed by atoms with Crippen molar-refractivity contribution in [3.8, 4) is 0 Å². The molecule has 0 N–H and O–H groups in total. The van der Waals surface area contributed by atoms with E-state index in [4.69, 9.17) is 0 Å². The van der Waals surface area contributed by atoms with E-state index in [1.807, 2.05) is 19.9 Å². The monoisotopic (exact) mass is 205 g/mol. The average molecular weight is 205 g/mol. The van der Waals surface area contributed by atoms with E-state index in [2.05, 4.69) is 43.5 Å². The maximum Gasteiger partial charge on any atom is 0.0576 e. The van der Waals surface area contributed by atoms with Gasteiger partial charge in [0.05, 0.1) is 5.70 Å². The van der Waals surface area contributed by atoms with E-state index in [0.29, 0.717) is 0 Å². The van der Waals surface area contributed by atoms with E-state index in [0.717, 1.165) is 11.3 Å². The van der Waals surface area contributed by atoms with Gasteiger partial charge in [-0.2, -0.15) is 25.3 Å². The topological polar surface area (TPSA) is 12.4 Å². The van der Waals surface area contributed by atoms with Crippen LogP contribution in [-0.2, 0) is 0 Å². The summed E-state index contributed by atoms with van der Waals surface area (Å²) in [6, 6.07) is 0. The fourth-order valence-corrected chi connectivity index (χ4v) is 0.291. The van der Waals surface area contributed by atoms with Gasteiger partial charge in [-0.1, -0.05) is 12.7 Å². The van der Waals surface area contributed by atoms with Crippen molar-refractivity contribution in [2.45, 2.75) is 13.8 Å². The van der Waals surface area contributed by atoms with Crippen molar-refractivity contribution in [3.05, 3.63) is 23.9 Å². The molecular formula is C9H19NS2. The predicted molar refractivity (Wildman–Crippen MR) is 67.9 cm³/mol. The lowest BCUT2D eigenvalue weighted by Crippen LogP contribution is -1.74. The molecule has 0 rings (SSSR count). The Morgan fingerprint density at radius 1 is 1.25 bits per heavy atom. The van der Waals surface area contributed by atoms with E-state index in [1.54, 1.807) is 12.5 Å². The third-order valence-corrected chi connectivity index (χ3v) is 1.08. The minimum Gasteiger partial charge on any atom is -0.265 e. The molecule has 0 radical (unpaired) electrons. The molecule has 0 aliphatic carbocycles. The van der Waals surface area contributed by atoms with Gasteiger partial charge < -0.3 is 0 Å². The summed E-state index contributed by atoms with van der Waals surface area (Å²) in [4.78, 5) is 3.65. The Balaban J connectivity index is -0.000000175. The number of hydrogen-bond acceptors (Lipinski definition) is 3. The molecule has 12 heavy (non-hydrogen) atoms. The Kier molecular flexibility index (Phi) is 25.4. The molecule has 0 aromatic rings. The molecule has 0 heterocycles. The van der Waals surface area contributed by atoms with Crippen LogP contribution in [0.15, 0.2) is 28.9 Å². The van der Waals surface area contributed by atoms with Gasteiger partial charge in [-0.3, -0.25) is 4.99 Å². The van der Waals surface area contributed by atoms with Crippen molar-refractivity contribution in [2.24, 2.45) is 4.99 Å². The van der Waals surface area contributed by atoms with Crippen LogP contribution in [0.3, 0.4) is 0 Å². The average Bonchev–Trinajstić information content (AvgIpc) is 2.21. The zero-order valence-electron chi connectivity index (χ0n) is 8.33. The number of allylic oxidation sites excluding steroid dienone is 2. The third-order valence-electron chi connectivity index (χ3n) is 1.08. The van der Waals surface area contributed by atoms with E-state index < -0.39 is 0 Å². The van der Waals surface area contributed by atoms with Crippen molar-refractivity contribution in [2.75, 3.05) is 12.5 Å². The molecule has 0 amide bonds. The number of thiol groups is 2. The van der Waals surface area contributed by atoms with Gasteiger partial charge in [0.25, 0.3) is 0 Å². The Morgan fingerprint density at radius 2 is 1.58 bits per heavy atom. The zero-order valence-corrected chi connectivity index (χ0v) is 10.1. The lowest BCUT2D eigenvalue weighted by molar-refractivity contribution is 1.30. The van der Waals surface area contributed by atoms with Gasteiger partial charge >= 0.3 is 0 Å².